The Morgan fingerprint density at radius 1 is 0.607 bits per heavy atom. The largest absolute Gasteiger partial charge is 0.462 e. The number of carbonyl (C=O) groups excluding carboxylic acids is 2. The summed E-state index contributed by atoms with van der Waals surface area (Å²) in [4.78, 5) is 25.2. The van der Waals surface area contributed by atoms with Crippen molar-refractivity contribution in [2.45, 2.75) is 128 Å². The van der Waals surface area contributed by atoms with Crippen molar-refractivity contribution in [1.29, 1.82) is 0 Å². The van der Waals surface area contributed by atoms with Gasteiger partial charge in [0, 0.05) is 6.42 Å². The van der Waals surface area contributed by atoms with E-state index in [9.17, 15) is 37.9 Å². The van der Waals surface area contributed by atoms with Gasteiger partial charge in [0.05, 0.1) is 13.0 Å². The molecule has 4 N–H and O–H groups in total. The van der Waals surface area contributed by atoms with Gasteiger partial charge < -0.3 is 34.3 Å². The molecule has 13 heteroatoms. The van der Waals surface area contributed by atoms with Crippen LogP contribution in [0, 0.1) is 0 Å². The van der Waals surface area contributed by atoms with Gasteiger partial charge in [0.25, 0.3) is 10.1 Å². The summed E-state index contributed by atoms with van der Waals surface area (Å²) in [5.74, 6) is -2.27. The average molecular weight is 805 g/mol. The first kappa shape index (κ1) is 50.3. The second kappa shape index (κ2) is 32.4. The van der Waals surface area contributed by atoms with Crippen LogP contribution in [0.2, 0.25) is 0 Å². The molecule has 0 aromatic rings. The van der Waals surface area contributed by atoms with Gasteiger partial charge in [-0.15, -0.1) is 0 Å². The summed E-state index contributed by atoms with van der Waals surface area (Å²) >= 11 is 0. The van der Waals surface area contributed by atoms with Crippen molar-refractivity contribution >= 4 is 22.1 Å². The van der Waals surface area contributed by atoms with E-state index in [1.165, 1.54) is 0 Å². The molecule has 56 heavy (non-hydrogen) atoms. The molecule has 0 aliphatic carbocycles. The van der Waals surface area contributed by atoms with Crippen LogP contribution in [0.5, 0.6) is 0 Å². The monoisotopic (exact) mass is 804 g/mol. The van der Waals surface area contributed by atoms with Gasteiger partial charge in [0.2, 0.25) is 0 Å². The fraction of sp³-hybridized carbons (Fsp3) is 0.535. The Morgan fingerprint density at radius 2 is 1.05 bits per heavy atom. The topological polar surface area (TPSA) is 186 Å². The Labute approximate surface area is 334 Å². The van der Waals surface area contributed by atoms with Gasteiger partial charge in [-0.3, -0.25) is 14.1 Å². The molecule has 1 saturated heterocycles. The van der Waals surface area contributed by atoms with E-state index in [0.29, 0.717) is 12.8 Å². The Kier molecular flexibility index (Phi) is 29.1. The molecule has 12 nitrogen and oxygen atoms in total. The van der Waals surface area contributed by atoms with E-state index in [1.807, 2.05) is 36.5 Å². The van der Waals surface area contributed by atoms with Crippen LogP contribution in [-0.4, -0.2) is 96.0 Å². The van der Waals surface area contributed by atoms with Crippen molar-refractivity contribution in [3.63, 3.8) is 0 Å². The van der Waals surface area contributed by atoms with Gasteiger partial charge in [-0.1, -0.05) is 123 Å². The quantitative estimate of drug-likeness (QED) is 0.0350. The zero-order valence-electron chi connectivity index (χ0n) is 32.9. The highest BCUT2D eigenvalue weighted by atomic mass is 32.2. The molecule has 1 heterocycles. The van der Waals surface area contributed by atoms with Crippen molar-refractivity contribution in [1.82, 2.24) is 0 Å². The van der Waals surface area contributed by atoms with Crippen molar-refractivity contribution in [3.8, 4) is 0 Å². The smallest absolute Gasteiger partial charge is 0.310 e. The number of esters is 2. The molecule has 1 aliphatic heterocycles. The molecule has 0 aromatic heterocycles. The first-order chi connectivity index (χ1) is 27.0. The summed E-state index contributed by atoms with van der Waals surface area (Å²) in [6.07, 6.45) is 34.8. The Morgan fingerprint density at radius 3 is 1.52 bits per heavy atom. The molecule has 0 saturated carbocycles. The molecule has 0 bridgehead atoms. The van der Waals surface area contributed by atoms with Crippen LogP contribution in [0.15, 0.2) is 109 Å². The Balaban J connectivity index is 2.65. The predicted molar refractivity (Wildman–Crippen MR) is 219 cm³/mol. The molecule has 0 amide bonds. The van der Waals surface area contributed by atoms with Gasteiger partial charge in [-0.25, -0.2) is 0 Å². The first-order valence-electron chi connectivity index (χ1n) is 19.4. The lowest BCUT2D eigenvalue weighted by Gasteiger charge is -2.40. The van der Waals surface area contributed by atoms with E-state index in [1.54, 1.807) is 6.08 Å². The van der Waals surface area contributed by atoms with Gasteiger partial charge in [-0.05, 0) is 64.2 Å². The van der Waals surface area contributed by atoms with Crippen molar-refractivity contribution < 1.29 is 56.8 Å². The molecule has 6 unspecified atom stereocenters. The molecule has 1 fully saturated rings. The highest BCUT2D eigenvalue weighted by Crippen LogP contribution is 2.23. The molecule has 0 radical (unpaired) electrons. The summed E-state index contributed by atoms with van der Waals surface area (Å²) in [6.45, 7) is 3.33. The lowest BCUT2D eigenvalue weighted by molar-refractivity contribution is -0.297. The maximum atomic E-state index is 12.7. The van der Waals surface area contributed by atoms with Gasteiger partial charge in [-0.2, -0.15) is 8.42 Å². The summed E-state index contributed by atoms with van der Waals surface area (Å²) < 4.78 is 53.6. The number of aliphatic hydroxyl groups is 3. The second-order valence-electron chi connectivity index (χ2n) is 12.8. The van der Waals surface area contributed by atoms with Gasteiger partial charge in [0.1, 0.15) is 36.8 Å². The number of rotatable bonds is 29. The van der Waals surface area contributed by atoms with E-state index < -0.39 is 77.8 Å². The van der Waals surface area contributed by atoms with Crippen LogP contribution in [0.4, 0.5) is 0 Å². The van der Waals surface area contributed by atoms with E-state index in [4.69, 9.17) is 18.9 Å². The van der Waals surface area contributed by atoms with Crippen LogP contribution in [0.25, 0.3) is 0 Å². The van der Waals surface area contributed by atoms with Crippen LogP contribution in [-0.2, 0) is 38.7 Å². The maximum Gasteiger partial charge on any atom is 0.310 e. The van der Waals surface area contributed by atoms with Crippen molar-refractivity contribution in [3.05, 3.63) is 109 Å². The first-order valence-corrected chi connectivity index (χ1v) is 21.1. The minimum absolute atomic E-state index is 0.0711. The fourth-order valence-electron chi connectivity index (χ4n) is 4.94. The third-order valence-electron chi connectivity index (χ3n) is 7.89. The van der Waals surface area contributed by atoms with E-state index in [-0.39, 0.29) is 12.8 Å². The van der Waals surface area contributed by atoms with Crippen molar-refractivity contribution in [2.75, 3.05) is 19.0 Å². The van der Waals surface area contributed by atoms with Crippen LogP contribution in [0.1, 0.15) is 90.9 Å². The molecular formula is C43H64O12S. The summed E-state index contributed by atoms with van der Waals surface area (Å²) in [7, 11) is -4.62. The molecular weight excluding hydrogens is 741 g/mol. The molecule has 1 aliphatic rings. The zero-order chi connectivity index (χ0) is 41.3. The molecule has 6 atom stereocenters. The third-order valence-corrected chi connectivity index (χ3v) is 8.64. The second-order valence-corrected chi connectivity index (χ2v) is 14.3. The number of ether oxygens (including phenoxy) is 4. The van der Waals surface area contributed by atoms with Gasteiger partial charge >= 0.3 is 11.9 Å². The zero-order valence-corrected chi connectivity index (χ0v) is 33.7. The minimum Gasteiger partial charge on any atom is -0.462 e. The molecule has 1 rings (SSSR count). The minimum atomic E-state index is -4.62. The lowest BCUT2D eigenvalue weighted by Crippen LogP contribution is -2.60. The lowest BCUT2D eigenvalue weighted by atomic mass is 10.00. The van der Waals surface area contributed by atoms with E-state index in [2.05, 4.69) is 80.7 Å². The molecule has 0 aromatic carbocycles. The van der Waals surface area contributed by atoms with Gasteiger partial charge in [0.15, 0.2) is 12.4 Å². The number of carbonyl (C=O) groups is 2. The van der Waals surface area contributed by atoms with E-state index >= 15 is 0 Å². The summed E-state index contributed by atoms with van der Waals surface area (Å²) in [5.41, 5.74) is 0. The fourth-order valence-corrected chi connectivity index (χ4v) is 5.63. The predicted octanol–water partition coefficient (Wildman–Crippen LogP) is 6.88. The highest BCUT2D eigenvalue weighted by molar-refractivity contribution is 7.85. The number of aliphatic hydroxyl groups excluding tert-OH is 3. The summed E-state index contributed by atoms with van der Waals surface area (Å²) in [6, 6.07) is 0. The number of allylic oxidation sites excluding steroid dienone is 17. The maximum absolute atomic E-state index is 12.7. The Bertz CT molecular complexity index is 1450. The normalized spacial score (nSPS) is 21.9. The third kappa shape index (κ3) is 27.0. The average Bonchev–Trinajstić information content (AvgIpc) is 3.16. The molecule has 314 valence electrons. The van der Waals surface area contributed by atoms with Crippen molar-refractivity contribution in [2.24, 2.45) is 0 Å². The van der Waals surface area contributed by atoms with E-state index in [0.717, 1.165) is 51.4 Å². The Hall–Kier alpha value is -3.69. The van der Waals surface area contributed by atoms with Crippen LogP contribution >= 0.6 is 0 Å². The SMILES string of the molecule is CC/C=C\C/C=C\C/C=C\C/C=C\C/C=C\CC(=O)OC(COC(=O)CC/C=C\C/C=C\C/C=C\C/C=C\CC)COC1OC(CS(=O)(=O)O)C(O)C(O)C1O. The standard InChI is InChI=1S/C43H64O12S/c1-3-5-7-9-11-13-15-17-18-20-22-24-26-28-30-32-39(45)54-36(34-53-43-42(48)41(47)40(46)37(55-43)35-56(49,50)51)33-52-38(44)31-29-27-25-23-21-19-16-14-12-10-8-6-4-2/h5-8,11-14,17-19,21-22,24-25,27-28,30,36-37,40-43,46-48H,3-4,9-10,15-16,20,23,26,29,31-35H2,1-2H3,(H,49,50,51)/b7-5-,8-6-,13-11-,14-12-,18-17-,21-19-,24-22-,27-25-,30-28-. The van der Waals surface area contributed by atoms with Crippen LogP contribution < -0.4 is 0 Å². The number of hydrogen-bond acceptors (Lipinski definition) is 11. The molecule has 0 spiro atoms. The number of hydrogen-bond donors (Lipinski definition) is 4. The summed E-state index contributed by atoms with van der Waals surface area (Å²) in [5, 5.41) is 30.7. The highest BCUT2D eigenvalue weighted by Gasteiger charge is 2.46. The van der Waals surface area contributed by atoms with Crippen LogP contribution in [0.3, 0.4) is 0 Å².